The number of nitrogens with zero attached hydrogens (tertiary/aromatic N) is 3. The summed E-state index contributed by atoms with van der Waals surface area (Å²) >= 11 is 6.15. The van der Waals surface area contributed by atoms with Gasteiger partial charge in [0.25, 0.3) is 0 Å². The summed E-state index contributed by atoms with van der Waals surface area (Å²) in [5.41, 5.74) is 0.788. The number of hydrogen-bond donors (Lipinski definition) is 1. The van der Waals surface area contributed by atoms with Crippen molar-refractivity contribution in [3.63, 3.8) is 0 Å². The topological polar surface area (TPSA) is 58.1 Å². The molecular formula is C14H23ClN4O. The van der Waals surface area contributed by atoms with Gasteiger partial charge < -0.3 is 10.2 Å². The quantitative estimate of drug-likeness (QED) is 0.849. The van der Waals surface area contributed by atoms with Gasteiger partial charge in [0.15, 0.2) is 0 Å². The Balaban J connectivity index is 2.97. The molecule has 1 amide bonds. The molecule has 0 unspecified atom stereocenters. The third-order valence-electron chi connectivity index (χ3n) is 2.79. The maximum absolute atomic E-state index is 11.8. The van der Waals surface area contributed by atoms with Gasteiger partial charge in [0.2, 0.25) is 5.91 Å². The fourth-order valence-corrected chi connectivity index (χ4v) is 1.95. The highest BCUT2D eigenvalue weighted by molar-refractivity contribution is 6.30. The first-order chi connectivity index (χ1) is 9.22. The first kappa shape index (κ1) is 16.7. The molecule has 20 heavy (non-hydrogen) atoms. The number of likely N-dealkylation sites (N-methyl/N-ethyl adjacent to an activating group) is 1. The second-order valence-electron chi connectivity index (χ2n) is 5.55. The van der Waals surface area contributed by atoms with E-state index in [4.69, 9.17) is 11.6 Å². The highest BCUT2D eigenvalue weighted by Crippen LogP contribution is 2.24. The molecule has 0 spiro atoms. The lowest BCUT2D eigenvalue weighted by molar-refractivity contribution is -0.120. The van der Waals surface area contributed by atoms with Crippen molar-refractivity contribution in [2.75, 3.05) is 18.5 Å². The minimum absolute atomic E-state index is 0.0391. The predicted octanol–water partition coefficient (Wildman–Crippen LogP) is 2.52. The fourth-order valence-electron chi connectivity index (χ4n) is 1.78. The lowest BCUT2D eigenvalue weighted by atomic mass is 10.2. The van der Waals surface area contributed by atoms with Crippen molar-refractivity contribution >= 4 is 23.3 Å². The molecule has 0 bridgehead atoms. The monoisotopic (exact) mass is 298 g/mol. The molecule has 0 aliphatic rings. The van der Waals surface area contributed by atoms with Crippen LogP contribution in [-0.2, 0) is 4.79 Å². The summed E-state index contributed by atoms with van der Waals surface area (Å²) in [7, 11) is 1.83. The molecule has 0 saturated carbocycles. The zero-order valence-corrected chi connectivity index (χ0v) is 13.7. The molecular weight excluding hydrogens is 276 g/mol. The van der Waals surface area contributed by atoms with E-state index in [0.29, 0.717) is 16.8 Å². The van der Waals surface area contributed by atoms with E-state index in [1.165, 1.54) is 0 Å². The molecule has 1 heterocycles. The van der Waals surface area contributed by atoms with Crippen LogP contribution in [0, 0.1) is 6.92 Å². The lowest BCUT2D eigenvalue weighted by Crippen LogP contribution is -2.39. The van der Waals surface area contributed by atoms with Crippen molar-refractivity contribution < 1.29 is 4.79 Å². The smallest absolute Gasteiger partial charge is 0.239 e. The Morgan fingerprint density at radius 2 is 1.90 bits per heavy atom. The molecule has 6 heteroatoms. The van der Waals surface area contributed by atoms with E-state index in [9.17, 15) is 4.79 Å². The van der Waals surface area contributed by atoms with Gasteiger partial charge in [0.05, 0.1) is 6.54 Å². The van der Waals surface area contributed by atoms with Crippen molar-refractivity contribution in [2.45, 2.75) is 46.6 Å². The van der Waals surface area contributed by atoms with Gasteiger partial charge in [-0.3, -0.25) is 4.79 Å². The Kier molecular flexibility index (Phi) is 5.74. The van der Waals surface area contributed by atoms with Crippen LogP contribution >= 0.6 is 11.6 Å². The number of carbonyl (C=O) groups excluding carboxylic acids is 1. The number of amides is 1. The first-order valence-electron chi connectivity index (χ1n) is 6.76. The van der Waals surface area contributed by atoms with E-state index in [-0.39, 0.29) is 24.4 Å². The average molecular weight is 299 g/mol. The van der Waals surface area contributed by atoms with Gasteiger partial charge >= 0.3 is 0 Å². The summed E-state index contributed by atoms with van der Waals surface area (Å²) in [6.07, 6.45) is 0. The van der Waals surface area contributed by atoms with E-state index >= 15 is 0 Å². The number of hydrogen-bond acceptors (Lipinski definition) is 4. The second kappa shape index (κ2) is 6.88. The molecule has 5 nitrogen and oxygen atoms in total. The standard InChI is InChI=1S/C14H23ClN4O/c1-8(2)13-17-12(15)10(5)14(18-13)19(6)7-11(20)16-9(3)4/h8-9H,7H2,1-6H3,(H,16,20). The Morgan fingerprint density at radius 3 is 2.40 bits per heavy atom. The largest absolute Gasteiger partial charge is 0.352 e. The summed E-state index contributed by atoms with van der Waals surface area (Å²) in [5, 5.41) is 3.30. The summed E-state index contributed by atoms with van der Waals surface area (Å²) in [6.45, 7) is 9.98. The molecule has 1 rings (SSSR count). The van der Waals surface area contributed by atoms with E-state index in [2.05, 4.69) is 15.3 Å². The van der Waals surface area contributed by atoms with Crippen LogP contribution in [0.25, 0.3) is 0 Å². The Morgan fingerprint density at radius 1 is 1.30 bits per heavy atom. The molecule has 1 aromatic heterocycles. The fraction of sp³-hybridized carbons (Fsp3) is 0.643. The number of halogens is 1. The maximum Gasteiger partial charge on any atom is 0.239 e. The van der Waals surface area contributed by atoms with Crippen molar-refractivity contribution in [3.05, 3.63) is 16.5 Å². The summed E-state index contributed by atoms with van der Waals surface area (Å²) in [6, 6.07) is 0.122. The van der Waals surface area contributed by atoms with Crippen molar-refractivity contribution in [3.8, 4) is 0 Å². The predicted molar refractivity (Wildman–Crippen MR) is 82.4 cm³/mol. The molecule has 0 aliphatic carbocycles. The van der Waals surface area contributed by atoms with Crippen LogP contribution < -0.4 is 10.2 Å². The van der Waals surface area contributed by atoms with Crippen LogP contribution in [0.2, 0.25) is 5.15 Å². The highest BCUT2D eigenvalue weighted by Gasteiger charge is 2.17. The Hall–Kier alpha value is -1.36. The minimum atomic E-state index is -0.0391. The van der Waals surface area contributed by atoms with E-state index in [0.717, 1.165) is 5.56 Å². The second-order valence-corrected chi connectivity index (χ2v) is 5.91. The molecule has 112 valence electrons. The highest BCUT2D eigenvalue weighted by atomic mass is 35.5. The van der Waals surface area contributed by atoms with Crippen LogP contribution in [0.5, 0.6) is 0 Å². The lowest BCUT2D eigenvalue weighted by Gasteiger charge is -2.22. The molecule has 1 aromatic rings. The number of rotatable bonds is 5. The van der Waals surface area contributed by atoms with Crippen LogP contribution in [-0.4, -0.2) is 35.5 Å². The van der Waals surface area contributed by atoms with Crippen LogP contribution in [0.1, 0.15) is 45.0 Å². The van der Waals surface area contributed by atoms with Crippen molar-refractivity contribution in [1.29, 1.82) is 0 Å². The van der Waals surface area contributed by atoms with Crippen molar-refractivity contribution in [2.24, 2.45) is 0 Å². The van der Waals surface area contributed by atoms with E-state index in [1.807, 2.05) is 41.7 Å². The zero-order chi connectivity index (χ0) is 15.4. The SMILES string of the molecule is Cc1c(Cl)nc(C(C)C)nc1N(C)CC(=O)NC(C)C. The Bertz CT molecular complexity index is 488. The molecule has 0 fully saturated rings. The summed E-state index contributed by atoms with van der Waals surface area (Å²) < 4.78 is 0. The molecule has 1 N–H and O–H groups in total. The number of anilines is 1. The van der Waals surface area contributed by atoms with Gasteiger partial charge in [-0.1, -0.05) is 25.4 Å². The van der Waals surface area contributed by atoms with Gasteiger partial charge in [-0.25, -0.2) is 9.97 Å². The van der Waals surface area contributed by atoms with E-state index in [1.54, 1.807) is 4.90 Å². The third-order valence-corrected chi connectivity index (χ3v) is 3.15. The first-order valence-corrected chi connectivity index (χ1v) is 7.14. The summed E-state index contributed by atoms with van der Waals surface area (Å²) in [4.78, 5) is 22.4. The maximum atomic E-state index is 11.8. The van der Waals surface area contributed by atoms with Gasteiger partial charge in [-0.15, -0.1) is 0 Å². The number of aromatic nitrogens is 2. The van der Waals surface area contributed by atoms with Gasteiger partial charge in [-0.2, -0.15) is 0 Å². The molecule has 0 radical (unpaired) electrons. The average Bonchev–Trinajstić information content (AvgIpc) is 2.30. The molecule has 0 saturated heterocycles. The van der Waals surface area contributed by atoms with Crippen LogP contribution in [0.15, 0.2) is 0 Å². The molecule has 0 atom stereocenters. The van der Waals surface area contributed by atoms with Gasteiger partial charge in [-0.05, 0) is 20.8 Å². The van der Waals surface area contributed by atoms with Crippen molar-refractivity contribution in [1.82, 2.24) is 15.3 Å². The van der Waals surface area contributed by atoms with Gasteiger partial charge in [0.1, 0.15) is 16.8 Å². The molecule has 0 aromatic carbocycles. The third kappa shape index (κ3) is 4.34. The minimum Gasteiger partial charge on any atom is -0.352 e. The van der Waals surface area contributed by atoms with Crippen LogP contribution in [0.4, 0.5) is 5.82 Å². The Labute approximate surface area is 125 Å². The molecule has 0 aliphatic heterocycles. The van der Waals surface area contributed by atoms with E-state index < -0.39 is 0 Å². The number of carbonyl (C=O) groups is 1. The number of nitrogens with one attached hydrogen (secondary N) is 1. The summed E-state index contributed by atoms with van der Waals surface area (Å²) in [5.74, 6) is 1.53. The van der Waals surface area contributed by atoms with Crippen LogP contribution in [0.3, 0.4) is 0 Å². The normalized spacial score (nSPS) is 11.1. The zero-order valence-electron chi connectivity index (χ0n) is 13.0. The van der Waals surface area contributed by atoms with Gasteiger partial charge in [0, 0.05) is 24.6 Å².